The summed E-state index contributed by atoms with van der Waals surface area (Å²) in [4.78, 5) is 16.5. The number of ether oxygens (including phenoxy) is 1. The van der Waals surface area contributed by atoms with Gasteiger partial charge in [-0.2, -0.15) is 5.10 Å². The van der Waals surface area contributed by atoms with Crippen LogP contribution in [0.2, 0.25) is 0 Å². The highest BCUT2D eigenvalue weighted by Crippen LogP contribution is 2.38. The van der Waals surface area contributed by atoms with E-state index in [1.54, 1.807) is 18.2 Å². The lowest BCUT2D eigenvalue weighted by Gasteiger charge is -2.16. The predicted octanol–water partition coefficient (Wildman–Crippen LogP) is 6.57. The minimum absolute atomic E-state index is 0.0532. The minimum atomic E-state index is -4.88. The topological polar surface area (TPSA) is 69.0 Å². The van der Waals surface area contributed by atoms with E-state index in [1.807, 2.05) is 0 Å². The molecule has 1 amide bonds. The molecule has 0 bridgehead atoms. The molecule has 2 aliphatic rings. The zero-order chi connectivity index (χ0) is 24.9. The highest BCUT2D eigenvalue weighted by molar-refractivity contribution is 9.10. The number of allylic oxidation sites excluding steroid dienone is 4. The van der Waals surface area contributed by atoms with Crippen molar-refractivity contribution in [2.24, 2.45) is 0 Å². The van der Waals surface area contributed by atoms with E-state index in [4.69, 9.17) is 11.6 Å². The first kappa shape index (κ1) is 23.6. The lowest BCUT2D eigenvalue weighted by atomic mass is 10.1. The van der Waals surface area contributed by atoms with Gasteiger partial charge in [0.15, 0.2) is 0 Å². The fraction of sp³-hybridized carbons (Fsp3) is 0.174. The molecule has 0 saturated heterocycles. The zero-order valence-electron chi connectivity index (χ0n) is 17.6. The number of benzene rings is 1. The molecular weight excluding hydrogens is 556 g/mol. The summed E-state index contributed by atoms with van der Waals surface area (Å²) in [7, 11) is 0. The number of alkyl halides is 3. The molecule has 3 heterocycles. The summed E-state index contributed by atoms with van der Waals surface area (Å²) in [5.74, 6) is -1.11. The molecule has 0 saturated carbocycles. The number of fused-ring (bicyclic) bond motifs is 1. The third-order valence-electron chi connectivity index (χ3n) is 5.50. The highest BCUT2D eigenvalue weighted by Gasteiger charge is 2.32. The van der Waals surface area contributed by atoms with Crippen molar-refractivity contribution in [3.05, 3.63) is 69.1 Å². The van der Waals surface area contributed by atoms with Crippen LogP contribution >= 0.6 is 27.5 Å². The van der Waals surface area contributed by atoms with Crippen molar-refractivity contribution < 1.29 is 27.1 Å². The third-order valence-corrected chi connectivity index (χ3v) is 6.28. The van der Waals surface area contributed by atoms with Crippen molar-refractivity contribution >= 4 is 39.1 Å². The Balaban J connectivity index is 1.69. The van der Waals surface area contributed by atoms with Gasteiger partial charge in [-0.25, -0.2) is 9.07 Å². The fourth-order valence-corrected chi connectivity index (χ4v) is 4.71. The Morgan fingerprint density at radius 2 is 1.97 bits per heavy atom. The van der Waals surface area contributed by atoms with Crippen LogP contribution in [0, 0.1) is 0 Å². The van der Waals surface area contributed by atoms with E-state index in [0.29, 0.717) is 43.9 Å². The molecule has 0 radical (unpaired) electrons. The first-order valence-corrected chi connectivity index (χ1v) is 11.4. The van der Waals surface area contributed by atoms with Crippen molar-refractivity contribution in [1.82, 2.24) is 20.1 Å². The van der Waals surface area contributed by atoms with E-state index in [-0.39, 0.29) is 30.3 Å². The van der Waals surface area contributed by atoms with Gasteiger partial charge in [0.05, 0.1) is 16.4 Å². The number of halogens is 6. The lowest BCUT2D eigenvalue weighted by Crippen LogP contribution is -2.17. The molecule has 0 fully saturated rings. The number of hydrogen-bond donors (Lipinski definition) is 1. The van der Waals surface area contributed by atoms with Gasteiger partial charge in [-0.3, -0.25) is 9.78 Å². The molecule has 1 aliphatic carbocycles. The van der Waals surface area contributed by atoms with Crippen molar-refractivity contribution in [2.75, 3.05) is 0 Å². The zero-order valence-corrected chi connectivity index (χ0v) is 19.9. The summed E-state index contributed by atoms with van der Waals surface area (Å²) in [6.07, 6.45) is -1.64. The Hall–Kier alpha value is -3.18. The van der Waals surface area contributed by atoms with Crippen LogP contribution in [0.3, 0.4) is 0 Å². The van der Waals surface area contributed by atoms with Crippen LogP contribution in [0.15, 0.2) is 57.9 Å². The SMILES string of the molecule is O=C1NCc2c1ccnc2-c1cc(-c2cc(Br)cc(OC(F)(F)F)c2)n(C2=CC(Cl)=C(F)CC2)n1. The molecule has 0 spiro atoms. The molecule has 2 aromatic heterocycles. The van der Waals surface area contributed by atoms with Gasteiger partial charge in [-0.1, -0.05) is 27.5 Å². The van der Waals surface area contributed by atoms with Crippen LogP contribution < -0.4 is 10.1 Å². The molecule has 180 valence electrons. The molecule has 5 rings (SSSR count). The Morgan fingerprint density at radius 1 is 1.17 bits per heavy atom. The Morgan fingerprint density at radius 3 is 2.71 bits per heavy atom. The Bertz CT molecular complexity index is 1430. The molecule has 0 atom stereocenters. The smallest absolute Gasteiger partial charge is 0.406 e. The van der Waals surface area contributed by atoms with Crippen LogP contribution in [0.25, 0.3) is 28.3 Å². The monoisotopic (exact) mass is 568 g/mol. The van der Waals surface area contributed by atoms with Crippen LogP contribution in [0.5, 0.6) is 5.75 Å². The number of amides is 1. The van der Waals surface area contributed by atoms with E-state index in [0.717, 1.165) is 0 Å². The average Bonchev–Trinajstić information content (AvgIpc) is 3.38. The van der Waals surface area contributed by atoms with Gasteiger partial charge in [0.2, 0.25) is 0 Å². The second-order valence-electron chi connectivity index (χ2n) is 7.81. The predicted molar refractivity (Wildman–Crippen MR) is 124 cm³/mol. The second kappa shape index (κ2) is 8.80. The van der Waals surface area contributed by atoms with Gasteiger partial charge in [0.25, 0.3) is 5.91 Å². The maximum atomic E-state index is 13.9. The van der Waals surface area contributed by atoms with Crippen LogP contribution in [-0.2, 0) is 6.54 Å². The quantitative estimate of drug-likeness (QED) is 0.361. The van der Waals surface area contributed by atoms with Crippen molar-refractivity contribution in [3.63, 3.8) is 0 Å². The highest BCUT2D eigenvalue weighted by atomic mass is 79.9. The molecule has 6 nitrogen and oxygen atoms in total. The van der Waals surface area contributed by atoms with Gasteiger partial charge in [-0.15, -0.1) is 13.2 Å². The van der Waals surface area contributed by atoms with Gasteiger partial charge in [-0.05, 0) is 42.8 Å². The van der Waals surface area contributed by atoms with Crippen LogP contribution in [0.1, 0.15) is 28.8 Å². The lowest BCUT2D eigenvalue weighted by molar-refractivity contribution is -0.274. The van der Waals surface area contributed by atoms with E-state index in [9.17, 15) is 22.4 Å². The first-order valence-electron chi connectivity index (χ1n) is 10.3. The number of hydrogen-bond acceptors (Lipinski definition) is 4. The number of pyridine rings is 1. The Kier molecular flexibility index (Phi) is 5.92. The van der Waals surface area contributed by atoms with Gasteiger partial charge in [0.1, 0.15) is 17.3 Å². The number of carbonyl (C=O) groups is 1. The van der Waals surface area contributed by atoms with Crippen molar-refractivity contribution in [1.29, 1.82) is 0 Å². The fourth-order valence-electron chi connectivity index (χ4n) is 4.01. The number of aromatic nitrogens is 3. The standard InChI is InChI=1S/C23H14BrClF4N4O2/c24-12-5-11(6-14(7-12)35-23(27,28)29)20-9-19(21-16-10-31-22(34)15(16)3-4-30-21)32-33(20)13-1-2-18(26)17(25)8-13/h3-9H,1-2,10H2,(H,31,34). The molecule has 35 heavy (non-hydrogen) atoms. The Labute approximate surface area is 209 Å². The van der Waals surface area contributed by atoms with Crippen LogP contribution in [-0.4, -0.2) is 27.0 Å². The average molecular weight is 570 g/mol. The summed E-state index contributed by atoms with van der Waals surface area (Å²) in [5, 5.41) is 7.31. The molecule has 1 aliphatic heterocycles. The van der Waals surface area contributed by atoms with Gasteiger partial charge in [0, 0.05) is 46.0 Å². The maximum Gasteiger partial charge on any atom is 0.573 e. The normalized spacial score (nSPS) is 15.7. The number of nitrogens with one attached hydrogen (secondary N) is 1. The molecule has 0 unspecified atom stereocenters. The molecular formula is C23H14BrClF4N4O2. The van der Waals surface area contributed by atoms with E-state index < -0.39 is 17.9 Å². The maximum absolute atomic E-state index is 13.9. The molecule has 12 heteroatoms. The molecule has 1 N–H and O–H groups in total. The van der Waals surface area contributed by atoms with E-state index in [1.165, 1.54) is 29.1 Å². The molecule has 3 aromatic rings. The second-order valence-corrected chi connectivity index (χ2v) is 9.13. The number of carbonyl (C=O) groups excluding carboxylic acids is 1. The minimum Gasteiger partial charge on any atom is -0.406 e. The third kappa shape index (κ3) is 4.70. The first-order chi connectivity index (χ1) is 16.6. The number of nitrogens with zero attached hydrogens (tertiary/aromatic N) is 3. The summed E-state index contributed by atoms with van der Waals surface area (Å²) in [6, 6.07) is 7.27. The summed E-state index contributed by atoms with van der Waals surface area (Å²) in [5.41, 5.74) is 3.27. The van der Waals surface area contributed by atoms with Crippen molar-refractivity contribution in [2.45, 2.75) is 25.7 Å². The van der Waals surface area contributed by atoms with Gasteiger partial charge < -0.3 is 10.1 Å². The van der Waals surface area contributed by atoms with Gasteiger partial charge >= 0.3 is 6.36 Å². The van der Waals surface area contributed by atoms with E-state index >= 15 is 0 Å². The summed E-state index contributed by atoms with van der Waals surface area (Å²) in [6.45, 7) is 0.266. The van der Waals surface area contributed by atoms with E-state index in [2.05, 4.69) is 36.1 Å². The molecule has 1 aromatic carbocycles. The largest absolute Gasteiger partial charge is 0.573 e. The number of rotatable bonds is 4. The summed E-state index contributed by atoms with van der Waals surface area (Å²) >= 11 is 9.25. The van der Waals surface area contributed by atoms with Crippen LogP contribution in [0.4, 0.5) is 17.6 Å². The summed E-state index contributed by atoms with van der Waals surface area (Å²) < 4.78 is 58.5. The van der Waals surface area contributed by atoms with Crippen molar-refractivity contribution in [3.8, 4) is 28.4 Å².